The molecule has 1 aromatic rings. The maximum Gasteiger partial charge on any atom is 0.314 e. The molecule has 1 atom stereocenters. The Morgan fingerprint density at radius 2 is 1.88 bits per heavy atom. The summed E-state index contributed by atoms with van der Waals surface area (Å²) in [5.74, 6) is -0.0468. The van der Waals surface area contributed by atoms with E-state index in [9.17, 15) is 9.90 Å². The van der Waals surface area contributed by atoms with Crippen LogP contribution in [0.3, 0.4) is 0 Å². The molecule has 0 aliphatic heterocycles. The Hall–Kier alpha value is -1.31. The summed E-state index contributed by atoms with van der Waals surface area (Å²) in [6, 6.07) is 8.14. The van der Waals surface area contributed by atoms with Crippen molar-refractivity contribution >= 4 is 5.97 Å². The lowest BCUT2D eigenvalue weighted by Crippen LogP contribution is -2.26. The van der Waals surface area contributed by atoms with E-state index in [4.69, 9.17) is 0 Å². The largest absolute Gasteiger partial charge is 0.481 e. The number of carbonyl (C=O) groups is 1. The third-order valence-electron chi connectivity index (χ3n) is 4.54. The maximum atomic E-state index is 11.7. The molecule has 0 amide bonds. The number of rotatable bonds is 3. The lowest BCUT2D eigenvalue weighted by atomic mass is 9.84. The van der Waals surface area contributed by atoms with Crippen LogP contribution in [-0.4, -0.2) is 11.1 Å². The zero-order valence-electron chi connectivity index (χ0n) is 10.4. The Balaban J connectivity index is 2.12. The van der Waals surface area contributed by atoms with Crippen LogP contribution in [0.5, 0.6) is 0 Å². The number of benzene rings is 1. The zero-order valence-corrected chi connectivity index (χ0v) is 10.4. The lowest BCUT2D eigenvalue weighted by Gasteiger charge is -2.19. The van der Waals surface area contributed by atoms with Gasteiger partial charge in [-0.2, -0.15) is 0 Å². The van der Waals surface area contributed by atoms with E-state index in [1.807, 2.05) is 18.2 Å². The average Bonchev–Trinajstić information content (AvgIpc) is 3.14. The normalized spacial score (nSPS) is 30.0. The Kier molecular flexibility index (Phi) is 1.99. The summed E-state index contributed by atoms with van der Waals surface area (Å²) >= 11 is 0. The minimum Gasteiger partial charge on any atom is -0.481 e. The van der Waals surface area contributed by atoms with Crippen LogP contribution >= 0.6 is 0 Å². The SMILES string of the molecule is CC1(C)CC1(C(=O)O)c1ccccc1C1CC1. The third-order valence-corrected chi connectivity index (χ3v) is 4.54. The minimum atomic E-state index is -0.657. The van der Waals surface area contributed by atoms with Crippen molar-refractivity contribution in [2.45, 2.75) is 44.4 Å². The van der Waals surface area contributed by atoms with Gasteiger partial charge in [-0.25, -0.2) is 0 Å². The fourth-order valence-electron chi connectivity index (χ4n) is 3.19. The first-order valence-electron chi connectivity index (χ1n) is 6.32. The van der Waals surface area contributed by atoms with Crippen LogP contribution in [0.25, 0.3) is 0 Å². The second-order valence-electron chi connectivity index (χ2n) is 6.13. The standard InChI is InChI=1S/C15H18O2/c1-14(2)9-15(14,13(16)17)12-6-4-3-5-11(12)10-7-8-10/h3-6,10H,7-9H2,1-2H3,(H,16,17). The molecule has 0 heterocycles. The van der Waals surface area contributed by atoms with Gasteiger partial charge in [-0.3, -0.25) is 4.79 Å². The van der Waals surface area contributed by atoms with Gasteiger partial charge in [0.2, 0.25) is 0 Å². The van der Waals surface area contributed by atoms with Crippen LogP contribution in [0.1, 0.15) is 50.2 Å². The topological polar surface area (TPSA) is 37.3 Å². The predicted molar refractivity (Wildman–Crippen MR) is 66.1 cm³/mol. The van der Waals surface area contributed by atoms with Gasteiger partial charge in [-0.1, -0.05) is 38.1 Å². The second-order valence-corrected chi connectivity index (χ2v) is 6.13. The van der Waals surface area contributed by atoms with Crippen molar-refractivity contribution in [3.8, 4) is 0 Å². The van der Waals surface area contributed by atoms with Crippen molar-refractivity contribution in [2.24, 2.45) is 5.41 Å². The van der Waals surface area contributed by atoms with Crippen molar-refractivity contribution in [1.82, 2.24) is 0 Å². The fourth-order valence-corrected chi connectivity index (χ4v) is 3.19. The van der Waals surface area contributed by atoms with Gasteiger partial charge >= 0.3 is 5.97 Å². The van der Waals surface area contributed by atoms with Gasteiger partial charge in [0, 0.05) is 0 Å². The molecule has 2 fully saturated rings. The first kappa shape index (κ1) is 10.8. The molecule has 2 heteroatoms. The molecule has 2 aliphatic carbocycles. The highest BCUT2D eigenvalue weighted by molar-refractivity contribution is 5.87. The van der Waals surface area contributed by atoms with Crippen LogP contribution in [0.15, 0.2) is 24.3 Å². The molecule has 1 aromatic carbocycles. The van der Waals surface area contributed by atoms with Gasteiger partial charge in [0.05, 0.1) is 5.41 Å². The van der Waals surface area contributed by atoms with Crippen molar-refractivity contribution in [3.63, 3.8) is 0 Å². The summed E-state index contributed by atoms with van der Waals surface area (Å²) in [5, 5.41) is 9.62. The van der Waals surface area contributed by atoms with Crippen LogP contribution in [-0.2, 0) is 10.2 Å². The van der Waals surface area contributed by atoms with E-state index in [2.05, 4.69) is 19.9 Å². The average molecular weight is 230 g/mol. The Bertz CT molecular complexity index is 485. The molecule has 0 saturated heterocycles. The molecule has 1 N–H and O–H groups in total. The smallest absolute Gasteiger partial charge is 0.314 e. The molecular weight excluding hydrogens is 212 g/mol. The number of carboxylic acids is 1. The molecule has 2 saturated carbocycles. The summed E-state index contributed by atoms with van der Waals surface area (Å²) in [7, 11) is 0. The van der Waals surface area contributed by atoms with E-state index >= 15 is 0 Å². The van der Waals surface area contributed by atoms with Gasteiger partial charge in [0.25, 0.3) is 0 Å². The third kappa shape index (κ3) is 1.36. The van der Waals surface area contributed by atoms with Crippen molar-refractivity contribution in [1.29, 1.82) is 0 Å². The Labute approximate surface area is 102 Å². The summed E-state index contributed by atoms with van der Waals surface area (Å²) in [5.41, 5.74) is 1.61. The van der Waals surface area contributed by atoms with Crippen LogP contribution in [0, 0.1) is 5.41 Å². The highest BCUT2D eigenvalue weighted by Gasteiger charge is 2.68. The quantitative estimate of drug-likeness (QED) is 0.865. The molecule has 0 aromatic heterocycles. The molecule has 2 aliphatic rings. The zero-order chi connectivity index (χ0) is 12.3. The summed E-state index contributed by atoms with van der Waals surface area (Å²) in [6.45, 7) is 4.12. The molecular formula is C15H18O2. The van der Waals surface area contributed by atoms with Gasteiger partial charge in [-0.15, -0.1) is 0 Å². The Morgan fingerprint density at radius 3 is 2.35 bits per heavy atom. The first-order chi connectivity index (χ1) is 7.99. The molecule has 17 heavy (non-hydrogen) atoms. The van der Waals surface area contributed by atoms with Gasteiger partial charge in [0.1, 0.15) is 0 Å². The predicted octanol–water partition coefficient (Wildman–Crippen LogP) is 3.32. The number of carboxylic acid groups (broad SMARTS) is 1. The van der Waals surface area contributed by atoms with E-state index in [0.717, 1.165) is 12.0 Å². The van der Waals surface area contributed by atoms with Crippen LogP contribution < -0.4 is 0 Å². The highest BCUT2D eigenvalue weighted by Crippen LogP contribution is 2.66. The summed E-state index contributed by atoms with van der Waals surface area (Å²) < 4.78 is 0. The van der Waals surface area contributed by atoms with Crippen LogP contribution in [0.4, 0.5) is 0 Å². The van der Waals surface area contributed by atoms with Gasteiger partial charge in [-0.05, 0) is 41.7 Å². The fraction of sp³-hybridized carbons (Fsp3) is 0.533. The minimum absolute atomic E-state index is 0.107. The molecule has 0 bridgehead atoms. The molecule has 1 unspecified atom stereocenters. The van der Waals surface area contributed by atoms with E-state index in [0.29, 0.717) is 5.92 Å². The van der Waals surface area contributed by atoms with E-state index in [1.54, 1.807) is 0 Å². The lowest BCUT2D eigenvalue weighted by molar-refractivity contribution is -0.141. The van der Waals surface area contributed by atoms with E-state index in [1.165, 1.54) is 18.4 Å². The van der Waals surface area contributed by atoms with E-state index in [-0.39, 0.29) is 5.41 Å². The second kappa shape index (κ2) is 3.12. The summed E-state index contributed by atoms with van der Waals surface area (Å²) in [6.07, 6.45) is 3.19. The monoisotopic (exact) mass is 230 g/mol. The maximum absolute atomic E-state index is 11.7. The summed E-state index contributed by atoms with van der Waals surface area (Å²) in [4.78, 5) is 11.7. The number of hydrogen-bond acceptors (Lipinski definition) is 1. The van der Waals surface area contributed by atoms with Crippen molar-refractivity contribution in [3.05, 3.63) is 35.4 Å². The molecule has 0 radical (unpaired) electrons. The van der Waals surface area contributed by atoms with E-state index < -0.39 is 11.4 Å². The first-order valence-corrected chi connectivity index (χ1v) is 6.32. The Morgan fingerprint density at radius 1 is 1.29 bits per heavy atom. The highest BCUT2D eigenvalue weighted by atomic mass is 16.4. The van der Waals surface area contributed by atoms with Crippen molar-refractivity contribution in [2.75, 3.05) is 0 Å². The molecule has 90 valence electrons. The van der Waals surface area contributed by atoms with Crippen molar-refractivity contribution < 1.29 is 9.90 Å². The van der Waals surface area contributed by atoms with Crippen LogP contribution in [0.2, 0.25) is 0 Å². The van der Waals surface area contributed by atoms with Gasteiger partial charge in [0.15, 0.2) is 0 Å². The number of aliphatic carboxylic acids is 1. The van der Waals surface area contributed by atoms with Gasteiger partial charge < -0.3 is 5.11 Å². The molecule has 0 spiro atoms. The number of hydrogen-bond donors (Lipinski definition) is 1. The molecule has 3 rings (SSSR count). The molecule has 2 nitrogen and oxygen atoms in total.